The van der Waals surface area contributed by atoms with E-state index in [9.17, 15) is 19.2 Å². The zero-order valence-electron chi connectivity index (χ0n) is 16.2. The number of nitrogens with one attached hydrogen (secondary N) is 2. The van der Waals surface area contributed by atoms with E-state index in [1.54, 1.807) is 36.4 Å². The molecule has 0 radical (unpaired) electrons. The first kappa shape index (κ1) is 22.1. The van der Waals surface area contributed by atoms with E-state index >= 15 is 0 Å². The average molecular weight is 417 g/mol. The molecule has 8 heteroatoms. The maximum absolute atomic E-state index is 12.2. The fraction of sp³-hybridized carbons (Fsp3) is 0.238. The number of rotatable bonds is 7. The van der Waals surface area contributed by atoms with Crippen molar-refractivity contribution in [2.24, 2.45) is 0 Å². The highest BCUT2D eigenvalue weighted by Crippen LogP contribution is 2.12. The second kappa shape index (κ2) is 9.84. The van der Waals surface area contributed by atoms with E-state index in [0.717, 1.165) is 0 Å². The maximum atomic E-state index is 12.2. The Morgan fingerprint density at radius 1 is 0.897 bits per heavy atom. The quantitative estimate of drug-likeness (QED) is 0.533. The van der Waals surface area contributed by atoms with Crippen molar-refractivity contribution in [1.29, 1.82) is 0 Å². The third-order valence-corrected chi connectivity index (χ3v) is 4.28. The van der Waals surface area contributed by atoms with Crippen LogP contribution in [-0.4, -0.2) is 35.7 Å². The Balaban J connectivity index is 1.87. The van der Waals surface area contributed by atoms with E-state index in [0.29, 0.717) is 21.8 Å². The third-order valence-electron chi connectivity index (χ3n) is 4.03. The number of anilines is 1. The van der Waals surface area contributed by atoms with E-state index in [1.807, 2.05) is 0 Å². The van der Waals surface area contributed by atoms with E-state index in [-0.39, 0.29) is 5.78 Å². The lowest BCUT2D eigenvalue weighted by atomic mass is 10.1. The van der Waals surface area contributed by atoms with Crippen LogP contribution < -0.4 is 10.6 Å². The molecule has 0 aliphatic rings. The molecule has 0 aliphatic heterocycles. The van der Waals surface area contributed by atoms with E-state index < -0.39 is 29.9 Å². The molecule has 2 aromatic carbocycles. The highest BCUT2D eigenvalue weighted by molar-refractivity contribution is 6.30. The average Bonchev–Trinajstić information content (AvgIpc) is 2.68. The minimum Gasteiger partial charge on any atom is -0.451 e. The van der Waals surface area contributed by atoms with Gasteiger partial charge in [0, 0.05) is 21.8 Å². The Bertz CT molecular complexity index is 910. The van der Waals surface area contributed by atoms with Gasteiger partial charge < -0.3 is 15.4 Å². The number of amides is 2. The zero-order valence-corrected chi connectivity index (χ0v) is 16.9. The van der Waals surface area contributed by atoms with Crippen LogP contribution in [0.5, 0.6) is 0 Å². The van der Waals surface area contributed by atoms with Crippen LogP contribution in [0.1, 0.15) is 41.5 Å². The van der Waals surface area contributed by atoms with E-state index in [2.05, 4.69) is 10.6 Å². The third kappa shape index (κ3) is 6.43. The number of Topliss-reactive ketones (excluding diaryl/α,β-unsaturated/α-hetero) is 1. The largest absolute Gasteiger partial charge is 0.451 e. The summed E-state index contributed by atoms with van der Waals surface area (Å²) in [5.74, 6) is -1.83. The van der Waals surface area contributed by atoms with E-state index in [4.69, 9.17) is 16.3 Å². The Morgan fingerprint density at radius 3 is 2.00 bits per heavy atom. The molecule has 0 bridgehead atoms. The van der Waals surface area contributed by atoms with Gasteiger partial charge in [0.25, 0.3) is 11.8 Å². The molecule has 2 N–H and O–H groups in total. The molecular weight excluding hydrogens is 396 g/mol. The molecule has 152 valence electrons. The second-order valence-corrected chi connectivity index (χ2v) is 6.84. The molecule has 2 amide bonds. The van der Waals surface area contributed by atoms with Crippen molar-refractivity contribution in [2.45, 2.75) is 32.9 Å². The van der Waals surface area contributed by atoms with Crippen LogP contribution in [0.3, 0.4) is 0 Å². The van der Waals surface area contributed by atoms with Gasteiger partial charge in [-0.05, 0) is 69.3 Å². The molecule has 0 heterocycles. The van der Waals surface area contributed by atoms with Crippen molar-refractivity contribution >= 4 is 40.9 Å². The van der Waals surface area contributed by atoms with Crippen molar-refractivity contribution in [3.63, 3.8) is 0 Å². The smallest absolute Gasteiger partial charge is 0.329 e. The summed E-state index contributed by atoms with van der Waals surface area (Å²) in [5, 5.41) is 5.59. The fourth-order valence-electron chi connectivity index (χ4n) is 2.30. The monoisotopic (exact) mass is 416 g/mol. The van der Waals surface area contributed by atoms with Crippen molar-refractivity contribution in [3.05, 3.63) is 64.7 Å². The topological polar surface area (TPSA) is 102 Å². The number of esters is 1. The lowest BCUT2D eigenvalue weighted by Gasteiger charge is -2.17. The standard InChI is InChI=1S/C21H21ClN2O5/c1-12(23-20(27)16-4-8-17(22)9-5-16)21(28)29-14(3)19(26)24-18-10-6-15(7-11-18)13(2)25/h4-12,14H,1-3H3,(H,23,27)(H,24,26)/t12-,14+/m0/s1. The summed E-state index contributed by atoms with van der Waals surface area (Å²) in [6.07, 6.45) is -1.08. The van der Waals surface area contributed by atoms with Crippen molar-refractivity contribution in [3.8, 4) is 0 Å². The lowest BCUT2D eigenvalue weighted by Crippen LogP contribution is -2.42. The first-order chi connectivity index (χ1) is 13.7. The van der Waals surface area contributed by atoms with E-state index in [1.165, 1.54) is 32.9 Å². The molecule has 29 heavy (non-hydrogen) atoms. The molecule has 2 atom stereocenters. The number of benzene rings is 2. The Labute approximate surface area is 173 Å². The number of carbonyl (C=O) groups is 4. The molecule has 0 aromatic heterocycles. The van der Waals surface area contributed by atoms with Gasteiger partial charge in [-0.25, -0.2) is 4.79 Å². The SMILES string of the molecule is CC(=O)c1ccc(NC(=O)[C@@H](C)OC(=O)[C@H](C)NC(=O)c2ccc(Cl)cc2)cc1. The van der Waals surface area contributed by atoms with Crippen LogP contribution >= 0.6 is 11.6 Å². The Hall–Kier alpha value is -3.19. The second-order valence-electron chi connectivity index (χ2n) is 6.40. The van der Waals surface area contributed by atoms with Crippen LogP contribution in [0, 0.1) is 0 Å². The number of carbonyl (C=O) groups excluding carboxylic acids is 4. The number of halogens is 1. The van der Waals surface area contributed by atoms with Crippen LogP contribution in [0.15, 0.2) is 48.5 Å². The first-order valence-corrected chi connectivity index (χ1v) is 9.24. The van der Waals surface area contributed by atoms with Crippen LogP contribution in [-0.2, 0) is 14.3 Å². The summed E-state index contributed by atoms with van der Waals surface area (Å²) in [5.41, 5.74) is 1.33. The van der Waals surface area contributed by atoms with Gasteiger partial charge in [-0.15, -0.1) is 0 Å². The van der Waals surface area contributed by atoms with Gasteiger partial charge in [0.05, 0.1) is 0 Å². The highest BCUT2D eigenvalue weighted by atomic mass is 35.5. The van der Waals surface area contributed by atoms with Gasteiger partial charge in [-0.2, -0.15) is 0 Å². The predicted octanol–water partition coefficient (Wildman–Crippen LogP) is 3.23. The number of hydrogen-bond acceptors (Lipinski definition) is 5. The predicted molar refractivity (Wildman–Crippen MR) is 109 cm³/mol. The van der Waals surface area contributed by atoms with Gasteiger partial charge in [0.2, 0.25) is 0 Å². The molecule has 0 spiro atoms. The summed E-state index contributed by atoms with van der Waals surface area (Å²) >= 11 is 5.78. The molecular formula is C21H21ClN2O5. The lowest BCUT2D eigenvalue weighted by molar-refractivity contribution is -0.154. The van der Waals surface area contributed by atoms with Gasteiger partial charge in [-0.1, -0.05) is 11.6 Å². The molecule has 7 nitrogen and oxygen atoms in total. The maximum Gasteiger partial charge on any atom is 0.329 e. The molecule has 2 aromatic rings. The van der Waals surface area contributed by atoms with Gasteiger partial charge in [-0.3, -0.25) is 14.4 Å². The normalized spacial score (nSPS) is 12.4. The number of hydrogen-bond donors (Lipinski definition) is 2. The molecule has 0 fully saturated rings. The molecule has 0 saturated heterocycles. The molecule has 0 unspecified atom stereocenters. The summed E-state index contributed by atoms with van der Waals surface area (Å²) in [6, 6.07) is 11.6. The first-order valence-electron chi connectivity index (χ1n) is 8.86. The van der Waals surface area contributed by atoms with Crippen LogP contribution in [0.25, 0.3) is 0 Å². The Kier molecular flexibility index (Phi) is 7.50. The van der Waals surface area contributed by atoms with Crippen molar-refractivity contribution < 1.29 is 23.9 Å². The minimum atomic E-state index is -1.08. The minimum absolute atomic E-state index is 0.0835. The summed E-state index contributed by atoms with van der Waals surface area (Å²) in [7, 11) is 0. The Morgan fingerprint density at radius 2 is 1.45 bits per heavy atom. The van der Waals surface area contributed by atoms with Gasteiger partial charge in [0.1, 0.15) is 6.04 Å². The highest BCUT2D eigenvalue weighted by Gasteiger charge is 2.23. The number of ketones is 1. The zero-order chi connectivity index (χ0) is 21.6. The number of ether oxygens (including phenoxy) is 1. The van der Waals surface area contributed by atoms with Crippen molar-refractivity contribution in [2.75, 3.05) is 5.32 Å². The van der Waals surface area contributed by atoms with Crippen LogP contribution in [0.2, 0.25) is 5.02 Å². The van der Waals surface area contributed by atoms with Gasteiger partial charge >= 0.3 is 5.97 Å². The summed E-state index contributed by atoms with van der Waals surface area (Å²) in [6.45, 7) is 4.33. The fourth-order valence-corrected chi connectivity index (χ4v) is 2.43. The van der Waals surface area contributed by atoms with Crippen LogP contribution in [0.4, 0.5) is 5.69 Å². The molecule has 2 rings (SSSR count). The summed E-state index contributed by atoms with van der Waals surface area (Å²) < 4.78 is 5.12. The summed E-state index contributed by atoms with van der Waals surface area (Å²) in [4.78, 5) is 47.8. The molecule has 0 aliphatic carbocycles. The van der Waals surface area contributed by atoms with Crippen molar-refractivity contribution in [1.82, 2.24) is 5.32 Å². The van der Waals surface area contributed by atoms with Gasteiger partial charge in [0.15, 0.2) is 11.9 Å². The molecule has 0 saturated carbocycles.